The van der Waals surface area contributed by atoms with Crippen LogP contribution in [0.5, 0.6) is 0 Å². The first-order chi connectivity index (χ1) is 43.6. The van der Waals surface area contributed by atoms with Crippen molar-refractivity contribution in [3.8, 4) is 23.7 Å². The van der Waals surface area contributed by atoms with Gasteiger partial charge in [0.15, 0.2) is 0 Å². The molecule has 4 heterocycles. The Morgan fingerprint density at radius 3 is 0.755 bits per heavy atom. The molecule has 0 aliphatic rings. The zero-order chi connectivity index (χ0) is 70.8. The highest BCUT2D eigenvalue weighted by atomic mass is 15.4. The quantitative estimate of drug-likeness (QED) is 0.0344. The van der Waals surface area contributed by atoms with Crippen molar-refractivity contribution >= 4 is 0 Å². The van der Waals surface area contributed by atoms with Gasteiger partial charge in [0.2, 0.25) is 0 Å². The Morgan fingerprint density at radius 2 is 0.521 bits per heavy atom. The van der Waals surface area contributed by atoms with Gasteiger partial charge in [0.1, 0.15) is 0 Å². The second kappa shape index (κ2) is 46.0. The molecule has 0 spiro atoms. The van der Waals surface area contributed by atoms with Crippen LogP contribution in [0.1, 0.15) is 369 Å². The molecule has 0 atom stereocenters. The number of nitrogens with one attached hydrogen (secondary N) is 1. The van der Waals surface area contributed by atoms with E-state index in [1.807, 2.05) is 18.7 Å². The molecule has 4 aromatic heterocycles. The van der Waals surface area contributed by atoms with Crippen LogP contribution in [0, 0.1) is 61.6 Å². The van der Waals surface area contributed by atoms with Crippen LogP contribution in [0.15, 0.2) is 24.8 Å². The zero-order valence-electron chi connectivity index (χ0n) is 66.3. The monoisotopic (exact) mass is 1310 g/mol. The van der Waals surface area contributed by atoms with E-state index in [-0.39, 0.29) is 38.0 Å². The second-order valence-electron chi connectivity index (χ2n) is 36.8. The lowest BCUT2D eigenvalue weighted by Crippen LogP contribution is -2.36. The van der Waals surface area contributed by atoms with E-state index in [0.29, 0.717) is 5.41 Å². The standard InChI is InChI=1S/C23H41N3.C22H43N3.C19H33N3.C17H34N4/c1-22(2,3)17-15-13-11-9-7-8-10-12-14-16-18-26-20-21(24-25-26)19-23(4,5)6;1-21(2,3)16-14-12-10-8-7-9-11-13-15-17-25-19-20(23-24-25)18-22(4,5)6;1-18(2,3)13-11-9-7-8-10-12-14-22-16-17(20-21-22)15-19(4,5)6;1-16(2,3)13-15-14-21(20-19-15)12-10-8-7-9-11-18-17(4,5)6/h20H,7-14,16,18-19H2,1-6H3;19H,7-18H2,1-6H3;16H,7-10,12,14-15H2,1-6H3;14,18H,7-13H2,1-6H3. The van der Waals surface area contributed by atoms with Gasteiger partial charge in [0.05, 0.1) is 22.8 Å². The van der Waals surface area contributed by atoms with Crippen LogP contribution < -0.4 is 5.32 Å². The molecule has 0 unspecified atom stereocenters. The molecule has 0 bridgehead atoms. The normalized spacial score (nSPS) is 12.4. The minimum absolute atomic E-state index is 0.137. The zero-order valence-corrected chi connectivity index (χ0v) is 66.3. The summed E-state index contributed by atoms with van der Waals surface area (Å²) in [4.78, 5) is 0. The molecule has 94 heavy (non-hydrogen) atoms. The first kappa shape index (κ1) is 87.7. The van der Waals surface area contributed by atoms with Gasteiger partial charge < -0.3 is 5.32 Å². The molecule has 0 saturated carbocycles. The summed E-state index contributed by atoms with van der Waals surface area (Å²) in [5.74, 6) is 13.2. The summed E-state index contributed by atoms with van der Waals surface area (Å²) in [6.07, 6.45) is 48.6. The van der Waals surface area contributed by atoms with Crippen LogP contribution in [0.3, 0.4) is 0 Å². The number of nitrogens with zero attached hydrogens (tertiary/aromatic N) is 12. The maximum atomic E-state index is 4.29. The van der Waals surface area contributed by atoms with E-state index in [1.54, 1.807) is 0 Å². The van der Waals surface area contributed by atoms with Gasteiger partial charge in [-0.25, -0.2) is 0 Å². The summed E-state index contributed by atoms with van der Waals surface area (Å²) < 4.78 is 8.02. The SMILES string of the molecule is CC(C)(C)C#CCCCCCCCCCCn1cc(CC(C)(C)C)nn1.CC(C)(C)C#CCCCCCCn1cc(CC(C)(C)C)nn1.CC(C)(C)CCCCCCCCCCCn1cc(CC(C)(C)C)nn1.CC(C)(C)Cc1cn(CCCCCCNC(C)(C)C)nn1. The van der Waals surface area contributed by atoms with Crippen molar-refractivity contribution in [2.45, 2.75) is 403 Å². The van der Waals surface area contributed by atoms with Crippen LogP contribution in [0.25, 0.3) is 0 Å². The van der Waals surface area contributed by atoms with E-state index in [2.05, 4.69) is 261 Å². The van der Waals surface area contributed by atoms with Gasteiger partial charge in [-0.1, -0.05) is 252 Å². The summed E-state index contributed by atoms with van der Waals surface area (Å²) in [5.41, 5.74) is 6.61. The van der Waals surface area contributed by atoms with Crippen LogP contribution in [0.4, 0.5) is 0 Å². The molecule has 0 aliphatic heterocycles. The van der Waals surface area contributed by atoms with Gasteiger partial charge >= 0.3 is 0 Å². The van der Waals surface area contributed by atoms with Gasteiger partial charge in [0.25, 0.3) is 0 Å². The molecule has 0 radical (unpaired) electrons. The molecule has 540 valence electrons. The molecular weight excluding hydrogens is 1150 g/mol. The Labute approximate surface area is 581 Å². The van der Waals surface area contributed by atoms with Crippen molar-refractivity contribution in [2.75, 3.05) is 6.54 Å². The predicted octanol–water partition coefficient (Wildman–Crippen LogP) is 21.9. The first-order valence-electron chi connectivity index (χ1n) is 37.9. The van der Waals surface area contributed by atoms with Gasteiger partial charge in [-0.15, -0.1) is 32.2 Å². The molecule has 13 nitrogen and oxygen atoms in total. The molecule has 0 fully saturated rings. The number of aromatic nitrogens is 12. The Bertz CT molecular complexity index is 2600. The molecule has 13 heteroatoms. The third kappa shape index (κ3) is 58.9. The van der Waals surface area contributed by atoms with Crippen LogP contribution in [0.2, 0.25) is 0 Å². The molecule has 4 aromatic rings. The average Bonchev–Trinajstić information content (AvgIpc) is 2.30. The summed E-state index contributed by atoms with van der Waals surface area (Å²) in [6.45, 7) is 58.6. The maximum absolute atomic E-state index is 4.29. The topological polar surface area (TPSA) is 135 Å². The van der Waals surface area contributed by atoms with Crippen molar-refractivity contribution in [1.29, 1.82) is 0 Å². The lowest BCUT2D eigenvalue weighted by molar-refractivity contribution is 0.356. The van der Waals surface area contributed by atoms with E-state index < -0.39 is 0 Å². The lowest BCUT2D eigenvalue weighted by Gasteiger charge is -2.20. The van der Waals surface area contributed by atoms with Crippen LogP contribution in [-0.2, 0) is 51.9 Å². The fraction of sp³-hybridized carbons (Fsp3) is 0.852. The fourth-order valence-corrected chi connectivity index (χ4v) is 10.7. The van der Waals surface area contributed by atoms with E-state index in [0.717, 1.165) is 94.0 Å². The maximum Gasteiger partial charge on any atom is 0.0832 e. The van der Waals surface area contributed by atoms with Crippen molar-refractivity contribution in [1.82, 2.24) is 65.3 Å². The number of unbranched alkanes of at least 4 members (excludes halogenated alkanes) is 23. The van der Waals surface area contributed by atoms with Crippen LogP contribution in [-0.4, -0.2) is 72.1 Å². The lowest BCUT2D eigenvalue weighted by atomic mass is 9.89. The average molecular weight is 1310 g/mol. The molecule has 0 saturated heterocycles. The van der Waals surface area contributed by atoms with Gasteiger partial charge in [-0.2, -0.15) is 0 Å². The van der Waals surface area contributed by atoms with Crippen molar-refractivity contribution in [2.24, 2.45) is 37.9 Å². The highest BCUT2D eigenvalue weighted by Crippen LogP contribution is 2.25. The van der Waals surface area contributed by atoms with Gasteiger partial charge in [0, 0.05) is 80.2 Å². The van der Waals surface area contributed by atoms with E-state index in [9.17, 15) is 0 Å². The van der Waals surface area contributed by atoms with Crippen LogP contribution >= 0.6 is 0 Å². The minimum Gasteiger partial charge on any atom is -0.312 e. The molecule has 0 amide bonds. The fourth-order valence-electron chi connectivity index (χ4n) is 10.7. The predicted molar refractivity (Wildman–Crippen MR) is 404 cm³/mol. The largest absolute Gasteiger partial charge is 0.312 e. The first-order valence-corrected chi connectivity index (χ1v) is 37.9. The molecular formula is C81H151N13. The Balaban J connectivity index is 0.000000629. The highest BCUT2D eigenvalue weighted by Gasteiger charge is 2.18. The van der Waals surface area contributed by atoms with Crippen molar-refractivity contribution in [3.63, 3.8) is 0 Å². The molecule has 0 aliphatic carbocycles. The summed E-state index contributed by atoms with van der Waals surface area (Å²) in [5, 5.41) is 37.6. The Hall–Kier alpha value is -4.36. The number of aryl methyl sites for hydroxylation is 4. The van der Waals surface area contributed by atoms with E-state index in [1.165, 1.54) is 167 Å². The second-order valence-corrected chi connectivity index (χ2v) is 36.8. The van der Waals surface area contributed by atoms with Crippen molar-refractivity contribution in [3.05, 3.63) is 47.6 Å². The summed E-state index contributed by atoms with van der Waals surface area (Å²) in [7, 11) is 0. The van der Waals surface area contributed by atoms with E-state index in [4.69, 9.17) is 0 Å². The number of rotatable bonds is 38. The van der Waals surface area contributed by atoms with Gasteiger partial charge in [-0.3, -0.25) is 18.7 Å². The third-order valence-corrected chi connectivity index (χ3v) is 15.3. The Kier molecular flexibility index (Phi) is 42.9. The Morgan fingerprint density at radius 1 is 0.287 bits per heavy atom. The minimum atomic E-state index is 0.137. The number of hydrogen-bond donors (Lipinski definition) is 1. The summed E-state index contributed by atoms with van der Waals surface area (Å²) in [6, 6.07) is 0. The molecule has 0 aromatic carbocycles. The summed E-state index contributed by atoms with van der Waals surface area (Å²) >= 11 is 0. The van der Waals surface area contributed by atoms with Crippen molar-refractivity contribution < 1.29 is 0 Å². The highest BCUT2D eigenvalue weighted by molar-refractivity contribution is 5.08. The van der Waals surface area contributed by atoms with Gasteiger partial charge in [-0.05, 0) is 173 Å². The number of hydrogen-bond acceptors (Lipinski definition) is 9. The molecule has 4 rings (SSSR count). The third-order valence-electron chi connectivity index (χ3n) is 15.3. The van der Waals surface area contributed by atoms with E-state index >= 15 is 0 Å². The smallest absolute Gasteiger partial charge is 0.0832 e. The molecule has 1 N–H and O–H groups in total.